The van der Waals surface area contributed by atoms with Crippen LogP contribution in [0.15, 0.2) is 60.7 Å². The van der Waals surface area contributed by atoms with Crippen molar-refractivity contribution >= 4 is 28.3 Å². The van der Waals surface area contributed by atoms with E-state index in [1.54, 1.807) is 0 Å². The molecular formula is C26H31N5O2S. The Morgan fingerprint density at radius 2 is 1.47 bits per heavy atom. The van der Waals surface area contributed by atoms with Gasteiger partial charge in [0, 0.05) is 44.9 Å². The summed E-state index contributed by atoms with van der Waals surface area (Å²) >= 11 is 1.38. The SMILES string of the molecule is CC(C)c1nnc(NC(=O)CCC(=O)N2CCN(C(c3ccccc3)c3ccccc3)CC2)s1. The molecule has 0 atom stereocenters. The average Bonchev–Trinajstić information content (AvgIpc) is 3.33. The predicted octanol–water partition coefficient (Wildman–Crippen LogP) is 4.31. The van der Waals surface area contributed by atoms with Gasteiger partial charge in [-0.1, -0.05) is 85.8 Å². The Labute approximate surface area is 204 Å². The summed E-state index contributed by atoms with van der Waals surface area (Å²) in [7, 11) is 0. The maximum absolute atomic E-state index is 12.8. The molecule has 2 amide bonds. The Kier molecular flexibility index (Phi) is 8.03. The molecule has 0 radical (unpaired) electrons. The van der Waals surface area contributed by atoms with Crippen molar-refractivity contribution in [1.29, 1.82) is 0 Å². The first-order chi connectivity index (χ1) is 16.5. The second kappa shape index (κ2) is 11.4. The number of anilines is 1. The van der Waals surface area contributed by atoms with E-state index in [1.165, 1.54) is 22.5 Å². The van der Waals surface area contributed by atoms with Gasteiger partial charge in [-0.2, -0.15) is 0 Å². The number of piperazine rings is 1. The van der Waals surface area contributed by atoms with Crippen LogP contribution in [0, 0.1) is 0 Å². The number of rotatable bonds is 8. The summed E-state index contributed by atoms with van der Waals surface area (Å²) in [6.45, 7) is 6.96. The van der Waals surface area contributed by atoms with Gasteiger partial charge in [0.25, 0.3) is 0 Å². The van der Waals surface area contributed by atoms with Crippen molar-refractivity contribution in [3.63, 3.8) is 0 Å². The molecule has 1 aromatic heterocycles. The number of hydrogen-bond donors (Lipinski definition) is 1. The molecule has 1 aliphatic rings. The first kappa shape index (κ1) is 24.0. The molecule has 0 aliphatic carbocycles. The van der Waals surface area contributed by atoms with Crippen molar-refractivity contribution in [1.82, 2.24) is 20.0 Å². The highest BCUT2D eigenvalue weighted by Gasteiger charge is 2.28. The van der Waals surface area contributed by atoms with Crippen LogP contribution in [0.5, 0.6) is 0 Å². The van der Waals surface area contributed by atoms with Crippen molar-refractivity contribution in [2.75, 3.05) is 31.5 Å². The summed E-state index contributed by atoms with van der Waals surface area (Å²) < 4.78 is 0. The van der Waals surface area contributed by atoms with E-state index in [0.29, 0.717) is 18.2 Å². The van der Waals surface area contributed by atoms with E-state index in [1.807, 2.05) is 30.9 Å². The number of carbonyl (C=O) groups is 2. The van der Waals surface area contributed by atoms with E-state index in [0.717, 1.165) is 18.1 Å². The largest absolute Gasteiger partial charge is 0.340 e. The molecule has 0 bridgehead atoms. The van der Waals surface area contributed by atoms with Crippen LogP contribution in [0.1, 0.15) is 54.8 Å². The zero-order valence-electron chi connectivity index (χ0n) is 19.7. The molecule has 0 unspecified atom stereocenters. The van der Waals surface area contributed by atoms with E-state index < -0.39 is 0 Å². The minimum Gasteiger partial charge on any atom is -0.340 e. The van der Waals surface area contributed by atoms with Gasteiger partial charge in [0.1, 0.15) is 5.01 Å². The van der Waals surface area contributed by atoms with Crippen molar-refractivity contribution in [2.45, 2.75) is 38.6 Å². The Bertz CT molecular complexity index is 1040. The quantitative estimate of drug-likeness (QED) is 0.523. The molecule has 2 aromatic carbocycles. The molecule has 178 valence electrons. The molecule has 0 spiro atoms. The topological polar surface area (TPSA) is 78.4 Å². The van der Waals surface area contributed by atoms with E-state index in [9.17, 15) is 9.59 Å². The maximum atomic E-state index is 12.8. The van der Waals surface area contributed by atoms with Crippen LogP contribution >= 0.6 is 11.3 Å². The minimum absolute atomic E-state index is 0.0194. The van der Waals surface area contributed by atoms with Crippen LogP contribution in [0.2, 0.25) is 0 Å². The van der Waals surface area contributed by atoms with Crippen molar-refractivity contribution in [3.05, 3.63) is 76.8 Å². The molecular weight excluding hydrogens is 446 g/mol. The highest BCUT2D eigenvalue weighted by Crippen LogP contribution is 2.29. The molecule has 8 heteroatoms. The van der Waals surface area contributed by atoms with Gasteiger partial charge >= 0.3 is 0 Å². The molecule has 4 rings (SSSR count). The molecule has 1 fully saturated rings. The number of aromatic nitrogens is 2. The summed E-state index contributed by atoms with van der Waals surface area (Å²) in [5.41, 5.74) is 2.50. The van der Waals surface area contributed by atoms with Gasteiger partial charge in [-0.05, 0) is 11.1 Å². The second-order valence-electron chi connectivity index (χ2n) is 8.79. The third-order valence-corrected chi connectivity index (χ3v) is 7.15. The van der Waals surface area contributed by atoms with Gasteiger partial charge in [0.15, 0.2) is 0 Å². The first-order valence-corrected chi connectivity index (χ1v) is 12.6. The summed E-state index contributed by atoms with van der Waals surface area (Å²) in [5.74, 6) is 0.0874. The maximum Gasteiger partial charge on any atom is 0.226 e. The second-order valence-corrected chi connectivity index (χ2v) is 9.80. The lowest BCUT2D eigenvalue weighted by molar-refractivity contribution is -0.134. The van der Waals surface area contributed by atoms with Crippen molar-refractivity contribution in [3.8, 4) is 0 Å². The highest BCUT2D eigenvalue weighted by molar-refractivity contribution is 7.15. The van der Waals surface area contributed by atoms with Gasteiger partial charge < -0.3 is 10.2 Å². The Morgan fingerprint density at radius 3 is 2.00 bits per heavy atom. The van der Waals surface area contributed by atoms with Crippen LogP contribution in [-0.2, 0) is 9.59 Å². The smallest absolute Gasteiger partial charge is 0.226 e. The Balaban J connectivity index is 1.30. The summed E-state index contributed by atoms with van der Waals surface area (Å²) in [4.78, 5) is 29.4. The van der Waals surface area contributed by atoms with E-state index >= 15 is 0 Å². The monoisotopic (exact) mass is 477 g/mol. The molecule has 0 saturated carbocycles. The number of nitrogens with zero attached hydrogens (tertiary/aromatic N) is 4. The molecule has 2 heterocycles. The van der Waals surface area contributed by atoms with Gasteiger partial charge in [-0.15, -0.1) is 10.2 Å². The third-order valence-electron chi connectivity index (χ3n) is 6.01. The lowest BCUT2D eigenvalue weighted by Crippen LogP contribution is -2.49. The standard InChI is InChI=1S/C26H31N5O2S/c1-19(2)25-28-29-26(34-25)27-22(32)13-14-23(33)30-15-17-31(18-16-30)24(20-9-5-3-6-10-20)21-11-7-4-8-12-21/h3-12,19,24H,13-18H2,1-2H3,(H,27,29,32). The van der Waals surface area contributed by atoms with E-state index in [2.05, 4.69) is 68.9 Å². The van der Waals surface area contributed by atoms with Crippen LogP contribution in [0.25, 0.3) is 0 Å². The normalized spacial score (nSPS) is 14.5. The van der Waals surface area contributed by atoms with Crippen molar-refractivity contribution in [2.24, 2.45) is 0 Å². The van der Waals surface area contributed by atoms with Crippen molar-refractivity contribution < 1.29 is 9.59 Å². The molecule has 7 nitrogen and oxygen atoms in total. The fourth-order valence-electron chi connectivity index (χ4n) is 4.19. The lowest BCUT2D eigenvalue weighted by atomic mass is 9.96. The highest BCUT2D eigenvalue weighted by atomic mass is 32.1. The first-order valence-electron chi connectivity index (χ1n) is 11.8. The summed E-state index contributed by atoms with van der Waals surface area (Å²) in [6.07, 6.45) is 0.342. The molecule has 1 aliphatic heterocycles. The zero-order chi connectivity index (χ0) is 23.9. The molecule has 34 heavy (non-hydrogen) atoms. The number of carbonyl (C=O) groups excluding carboxylic acids is 2. The number of hydrogen-bond acceptors (Lipinski definition) is 6. The molecule has 1 saturated heterocycles. The number of nitrogens with one attached hydrogen (secondary N) is 1. The Hall–Kier alpha value is -3.10. The zero-order valence-corrected chi connectivity index (χ0v) is 20.5. The average molecular weight is 478 g/mol. The van der Waals surface area contributed by atoms with Crippen LogP contribution in [0.3, 0.4) is 0 Å². The predicted molar refractivity (Wildman–Crippen MR) is 135 cm³/mol. The molecule has 1 N–H and O–H groups in total. The summed E-state index contributed by atoms with van der Waals surface area (Å²) in [6, 6.07) is 21.2. The fourth-order valence-corrected chi connectivity index (χ4v) is 4.95. The van der Waals surface area contributed by atoms with E-state index in [4.69, 9.17) is 0 Å². The van der Waals surface area contributed by atoms with Gasteiger partial charge in [-0.3, -0.25) is 14.5 Å². The van der Waals surface area contributed by atoms with Gasteiger partial charge in [0.05, 0.1) is 6.04 Å². The fraction of sp³-hybridized carbons (Fsp3) is 0.385. The van der Waals surface area contributed by atoms with Crippen LogP contribution in [-0.4, -0.2) is 58.0 Å². The Morgan fingerprint density at radius 1 is 0.882 bits per heavy atom. The van der Waals surface area contributed by atoms with E-state index in [-0.39, 0.29) is 36.6 Å². The molecule has 3 aromatic rings. The van der Waals surface area contributed by atoms with Crippen LogP contribution < -0.4 is 5.32 Å². The van der Waals surface area contributed by atoms with Crippen LogP contribution in [0.4, 0.5) is 5.13 Å². The number of amides is 2. The lowest BCUT2D eigenvalue weighted by Gasteiger charge is -2.39. The summed E-state index contributed by atoms with van der Waals surface area (Å²) in [5, 5.41) is 12.2. The minimum atomic E-state index is -0.202. The third kappa shape index (κ3) is 6.07. The van der Waals surface area contributed by atoms with Gasteiger partial charge in [0.2, 0.25) is 16.9 Å². The van der Waals surface area contributed by atoms with Gasteiger partial charge in [-0.25, -0.2) is 0 Å². The number of benzene rings is 2.